The summed E-state index contributed by atoms with van der Waals surface area (Å²) in [5.74, 6) is -1.38. The van der Waals surface area contributed by atoms with Gasteiger partial charge in [0.2, 0.25) is 5.91 Å². The molecule has 0 unspecified atom stereocenters. The number of carbonyl (C=O) groups is 2. The molecule has 1 amide bonds. The van der Waals surface area contributed by atoms with Crippen molar-refractivity contribution >= 4 is 29.2 Å². The fourth-order valence-corrected chi connectivity index (χ4v) is 2.05. The summed E-state index contributed by atoms with van der Waals surface area (Å²) >= 11 is 5.02. The maximum atomic E-state index is 12.0. The Bertz CT molecular complexity index is 363. The van der Waals surface area contributed by atoms with Crippen LogP contribution in [-0.4, -0.2) is 66.9 Å². The summed E-state index contributed by atoms with van der Waals surface area (Å²) in [7, 11) is 3.11. The molecule has 0 heterocycles. The Kier molecular flexibility index (Phi) is 9.64. The van der Waals surface area contributed by atoms with Gasteiger partial charge >= 0.3 is 5.97 Å². The molecular weight excluding hydrogens is 294 g/mol. The van der Waals surface area contributed by atoms with E-state index < -0.39 is 12.0 Å². The molecule has 0 fully saturated rings. The zero-order valence-corrected chi connectivity index (χ0v) is 13.8. The number of nitrogens with one attached hydrogen (secondary N) is 2. The van der Waals surface area contributed by atoms with Crippen LogP contribution < -0.4 is 10.6 Å². The zero-order valence-electron chi connectivity index (χ0n) is 13.0. The van der Waals surface area contributed by atoms with Crippen LogP contribution in [0.5, 0.6) is 0 Å². The van der Waals surface area contributed by atoms with E-state index in [1.807, 2.05) is 0 Å². The average Bonchev–Trinajstić information content (AvgIpc) is 2.37. The molecule has 8 heteroatoms. The van der Waals surface area contributed by atoms with Gasteiger partial charge in [-0.1, -0.05) is 13.8 Å². The molecule has 7 nitrogen and oxygen atoms in total. The molecule has 21 heavy (non-hydrogen) atoms. The van der Waals surface area contributed by atoms with Gasteiger partial charge in [-0.3, -0.25) is 4.79 Å². The van der Waals surface area contributed by atoms with Crippen molar-refractivity contribution in [3.05, 3.63) is 0 Å². The third-order valence-electron chi connectivity index (χ3n) is 2.91. The Labute approximate surface area is 131 Å². The molecule has 1 atom stereocenters. The highest BCUT2D eigenvalue weighted by molar-refractivity contribution is 7.80. The van der Waals surface area contributed by atoms with Crippen molar-refractivity contribution in [3.63, 3.8) is 0 Å². The highest BCUT2D eigenvalue weighted by Crippen LogP contribution is 2.10. The Morgan fingerprint density at radius 3 is 2.33 bits per heavy atom. The quantitative estimate of drug-likeness (QED) is 0.409. The molecule has 0 aliphatic rings. The first-order valence-electron chi connectivity index (χ1n) is 6.80. The first kappa shape index (κ1) is 19.6. The van der Waals surface area contributed by atoms with E-state index in [0.717, 1.165) is 0 Å². The number of amides is 1. The lowest BCUT2D eigenvalue weighted by atomic mass is 10.0. The topological polar surface area (TPSA) is 90.9 Å². The summed E-state index contributed by atoms with van der Waals surface area (Å²) in [6, 6.07) is -0.815. The second kappa shape index (κ2) is 10.3. The standard InChI is InChI=1S/C13H25N3O4S/c1-9(2)11(12(18)19)16(3)10(17)5-6-14-13(21)15-7-8-20-4/h9,11H,5-8H2,1-4H3,(H,18,19)(H2,14,15,21)/t11-/m0/s1. The maximum absolute atomic E-state index is 12.0. The number of hydrogen-bond donors (Lipinski definition) is 3. The zero-order chi connectivity index (χ0) is 16.4. The van der Waals surface area contributed by atoms with Gasteiger partial charge in [-0.05, 0) is 18.1 Å². The minimum atomic E-state index is -0.995. The predicted molar refractivity (Wildman–Crippen MR) is 84.1 cm³/mol. The molecule has 0 saturated carbocycles. The fourth-order valence-electron chi connectivity index (χ4n) is 1.84. The van der Waals surface area contributed by atoms with Crippen molar-refractivity contribution < 1.29 is 19.4 Å². The van der Waals surface area contributed by atoms with Crippen LogP contribution in [0.3, 0.4) is 0 Å². The first-order chi connectivity index (χ1) is 9.81. The van der Waals surface area contributed by atoms with E-state index in [9.17, 15) is 9.59 Å². The number of rotatable bonds is 9. The second-order valence-corrected chi connectivity index (χ2v) is 5.37. The fraction of sp³-hybridized carbons (Fsp3) is 0.769. The number of ether oxygens (including phenoxy) is 1. The Morgan fingerprint density at radius 2 is 1.86 bits per heavy atom. The highest BCUT2D eigenvalue weighted by atomic mass is 32.1. The molecule has 0 aromatic carbocycles. The van der Waals surface area contributed by atoms with Gasteiger partial charge in [0.25, 0.3) is 0 Å². The van der Waals surface area contributed by atoms with Crippen LogP contribution in [0.2, 0.25) is 0 Å². The number of carbonyl (C=O) groups excluding carboxylic acids is 1. The summed E-state index contributed by atoms with van der Waals surface area (Å²) in [4.78, 5) is 24.4. The number of likely N-dealkylation sites (N-methyl/N-ethyl adjacent to an activating group) is 1. The number of aliphatic carboxylic acids is 1. The molecule has 0 bridgehead atoms. The van der Waals surface area contributed by atoms with Crippen LogP contribution >= 0.6 is 12.2 Å². The first-order valence-corrected chi connectivity index (χ1v) is 7.21. The minimum absolute atomic E-state index is 0.152. The van der Waals surface area contributed by atoms with Gasteiger partial charge < -0.3 is 25.4 Å². The molecular formula is C13H25N3O4S. The van der Waals surface area contributed by atoms with Gasteiger partial charge in [0.15, 0.2) is 5.11 Å². The summed E-state index contributed by atoms with van der Waals surface area (Å²) in [6.07, 6.45) is 0.180. The molecule has 122 valence electrons. The summed E-state index contributed by atoms with van der Waals surface area (Å²) in [6.45, 7) is 5.03. The SMILES string of the molecule is COCCNC(=S)NCCC(=O)N(C)[C@H](C(=O)O)C(C)C. The van der Waals surface area contributed by atoms with Gasteiger partial charge in [0.05, 0.1) is 6.61 Å². The van der Waals surface area contributed by atoms with E-state index in [0.29, 0.717) is 24.8 Å². The lowest BCUT2D eigenvalue weighted by Crippen LogP contribution is -2.46. The smallest absolute Gasteiger partial charge is 0.326 e. The molecule has 3 N–H and O–H groups in total. The van der Waals surface area contributed by atoms with E-state index in [-0.39, 0.29) is 18.2 Å². The highest BCUT2D eigenvalue weighted by Gasteiger charge is 2.28. The van der Waals surface area contributed by atoms with Crippen LogP contribution in [0.4, 0.5) is 0 Å². The van der Waals surface area contributed by atoms with Gasteiger partial charge in [-0.25, -0.2) is 4.79 Å². The maximum Gasteiger partial charge on any atom is 0.326 e. The van der Waals surface area contributed by atoms with E-state index in [2.05, 4.69) is 10.6 Å². The largest absolute Gasteiger partial charge is 0.480 e. The van der Waals surface area contributed by atoms with Crippen LogP contribution in [0.1, 0.15) is 20.3 Å². The summed E-state index contributed by atoms with van der Waals surface area (Å²) < 4.78 is 4.87. The average molecular weight is 319 g/mol. The van der Waals surface area contributed by atoms with Crippen molar-refractivity contribution in [2.45, 2.75) is 26.3 Å². The number of thiocarbonyl (C=S) groups is 1. The molecule has 0 spiro atoms. The van der Waals surface area contributed by atoms with Gasteiger partial charge in [-0.15, -0.1) is 0 Å². The molecule has 0 aromatic rings. The Hall–Kier alpha value is -1.41. The van der Waals surface area contributed by atoms with Crippen LogP contribution in [0, 0.1) is 5.92 Å². The molecule has 0 aliphatic carbocycles. The van der Waals surface area contributed by atoms with E-state index >= 15 is 0 Å². The van der Waals surface area contributed by atoms with Crippen molar-refractivity contribution in [1.82, 2.24) is 15.5 Å². The normalized spacial score (nSPS) is 11.9. The minimum Gasteiger partial charge on any atom is -0.480 e. The van der Waals surface area contributed by atoms with Crippen molar-refractivity contribution in [3.8, 4) is 0 Å². The van der Waals surface area contributed by atoms with Crippen molar-refractivity contribution in [1.29, 1.82) is 0 Å². The second-order valence-electron chi connectivity index (χ2n) is 4.96. The third-order valence-corrected chi connectivity index (χ3v) is 3.20. The van der Waals surface area contributed by atoms with Crippen LogP contribution in [0.25, 0.3) is 0 Å². The number of carboxylic acid groups (broad SMARTS) is 1. The molecule has 0 aromatic heterocycles. The molecule has 0 aliphatic heterocycles. The van der Waals surface area contributed by atoms with E-state index in [1.54, 1.807) is 21.0 Å². The summed E-state index contributed by atoms with van der Waals surface area (Å²) in [5.41, 5.74) is 0. The Morgan fingerprint density at radius 1 is 1.29 bits per heavy atom. The number of methoxy groups -OCH3 is 1. The van der Waals surface area contributed by atoms with Crippen LogP contribution in [0.15, 0.2) is 0 Å². The van der Waals surface area contributed by atoms with Crippen molar-refractivity contribution in [2.24, 2.45) is 5.92 Å². The van der Waals surface area contributed by atoms with Crippen molar-refractivity contribution in [2.75, 3.05) is 33.9 Å². The van der Waals surface area contributed by atoms with E-state index in [1.165, 1.54) is 11.9 Å². The third kappa shape index (κ3) is 7.81. The molecule has 0 rings (SSSR count). The summed E-state index contributed by atoms with van der Waals surface area (Å²) in [5, 5.41) is 15.4. The lowest BCUT2D eigenvalue weighted by molar-refractivity contribution is -0.150. The predicted octanol–water partition coefficient (Wildman–Crippen LogP) is 0.0546. The van der Waals surface area contributed by atoms with Gasteiger partial charge in [0.1, 0.15) is 6.04 Å². The van der Waals surface area contributed by atoms with Gasteiger partial charge in [-0.2, -0.15) is 0 Å². The number of hydrogen-bond acceptors (Lipinski definition) is 4. The van der Waals surface area contributed by atoms with Crippen LogP contribution in [-0.2, 0) is 14.3 Å². The Balaban J connectivity index is 4.13. The number of carboxylic acids is 1. The van der Waals surface area contributed by atoms with Gasteiger partial charge in [0, 0.05) is 33.7 Å². The lowest BCUT2D eigenvalue weighted by Gasteiger charge is -2.27. The van der Waals surface area contributed by atoms with E-state index in [4.69, 9.17) is 22.1 Å². The molecule has 0 saturated heterocycles. The monoisotopic (exact) mass is 319 g/mol. The number of nitrogens with zero attached hydrogens (tertiary/aromatic N) is 1. The molecule has 0 radical (unpaired) electrons.